The average Bonchev–Trinajstić information content (AvgIpc) is 3.59. The number of carbonyl (C=O) groups excluding carboxylic acids is 4. The van der Waals surface area contributed by atoms with Crippen molar-refractivity contribution >= 4 is 41.0 Å². The van der Waals surface area contributed by atoms with E-state index >= 15 is 0 Å². The fourth-order valence-corrected chi connectivity index (χ4v) is 5.50. The molecule has 1 aliphatic heterocycles. The Kier molecular flexibility index (Phi) is 24.9. The molecule has 1 unspecified atom stereocenters. The molecule has 1 aromatic rings. The number of carbonyl (C=O) groups is 4. The van der Waals surface area contributed by atoms with E-state index in [1.807, 2.05) is 39.1 Å². The van der Waals surface area contributed by atoms with E-state index in [-0.39, 0.29) is 54.9 Å². The van der Waals surface area contributed by atoms with E-state index in [4.69, 9.17) is 33.2 Å². The van der Waals surface area contributed by atoms with Gasteiger partial charge >= 0.3 is 0 Å². The average molecular weight is 777 g/mol. The standard InChI is InChI=1S/C40H64N4O11/c1-7-49-14-15-51-18-19-53-22-23-55-25-24-54-21-20-52-17-16-50-13-12-38(47)43-39(30(2)3)37(46)26-31(4)40(48)42-35-10-8-33(9-11-35)34-27-36(28-41-6)44(29-34)32(5)45/h8-11,28-31,36,39H,7,12-27H2,1-6H3,(H,42,48)(H,43,47)/t31-,36+,39?/m1/s1. The SMILES string of the molecule is CCOCCOCCOCCOCCOCCOCCOCCC(=O)NC(C(=O)C[C@@H](C)C(=O)Nc1ccc(C2=CN(C(C)=O)[C@H](C=NC)C2)cc1)C(C)C. The normalized spacial score (nSPS) is 15.4. The van der Waals surface area contributed by atoms with Crippen LogP contribution in [0.3, 0.4) is 0 Å². The molecule has 0 bridgehead atoms. The van der Waals surface area contributed by atoms with Gasteiger partial charge in [-0.3, -0.25) is 24.2 Å². The van der Waals surface area contributed by atoms with Crippen molar-refractivity contribution in [2.75, 3.05) is 105 Å². The molecule has 15 heteroatoms. The number of hydrogen-bond donors (Lipinski definition) is 2. The minimum atomic E-state index is -0.721. The molecule has 0 aromatic heterocycles. The molecule has 0 saturated heterocycles. The Hall–Kier alpha value is -3.57. The Bertz CT molecular complexity index is 1320. The molecule has 1 heterocycles. The smallest absolute Gasteiger partial charge is 0.227 e. The molecule has 1 aromatic carbocycles. The predicted molar refractivity (Wildman–Crippen MR) is 210 cm³/mol. The van der Waals surface area contributed by atoms with Crippen molar-refractivity contribution in [2.45, 2.75) is 66.0 Å². The first-order valence-electron chi connectivity index (χ1n) is 19.3. The lowest BCUT2D eigenvalue weighted by atomic mass is 9.92. The van der Waals surface area contributed by atoms with Gasteiger partial charge in [0.05, 0.1) is 98.0 Å². The van der Waals surface area contributed by atoms with Gasteiger partial charge in [-0.2, -0.15) is 0 Å². The number of benzene rings is 1. The number of amides is 3. The van der Waals surface area contributed by atoms with Crippen LogP contribution in [0.4, 0.5) is 5.69 Å². The lowest BCUT2D eigenvalue weighted by Gasteiger charge is -2.23. The van der Waals surface area contributed by atoms with Crippen molar-refractivity contribution in [2.24, 2.45) is 16.8 Å². The fourth-order valence-electron chi connectivity index (χ4n) is 5.50. The molecule has 15 nitrogen and oxygen atoms in total. The molecule has 0 radical (unpaired) electrons. The van der Waals surface area contributed by atoms with Crippen LogP contribution in [0.25, 0.3) is 5.57 Å². The van der Waals surface area contributed by atoms with Crippen molar-refractivity contribution in [3.05, 3.63) is 36.0 Å². The van der Waals surface area contributed by atoms with Gasteiger partial charge in [0.2, 0.25) is 17.7 Å². The summed E-state index contributed by atoms with van der Waals surface area (Å²) in [6.07, 6.45) is 4.32. The molecule has 0 saturated carbocycles. The van der Waals surface area contributed by atoms with Crippen LogP contribution < -0.4 is 10.6 Å². The van der Waals surface area contributed by atoms with Crippen molar-refractivity contribution < 1.29 is 52.3 Å². The molecule has 0 fully saturated rings. The van der Waals surface area contributed by atoms with Crippen molar-refractivity contribution in [3.8, 4) is 0 Å². The Morgan fingerprint density at radius 3 is 1.73 bits per heavy atom. The second-order valence-corrected chi connectivity index (χ2v) is 13.3. The number of nitrogens with zero attached hydrogens (tertiary/aromatic N) is 2. The van der Waals surface area contributed by atoms with Gasteiger partial charge in [0.1, 0.15) is 0 Å². The largest absolute Gasteiger partial charge is 0.379 e. The summed E-state index contributed by atoms with van der Waals surface area (Å²) in [6, 6.07) is 6.54. The van der Waals surface area contributed by atoms with Crippen molar-refractivity contribution in [1.82, 2.24) is 10.2 Å². The van der Waals surface area contributed by atoms with E-state index in [0.717, 1.165) is 11.1 Å². The number of nitrogens with one attached hydrogen (secondary N) is 2. The fraction of sp³-hybridized carbons (Fsp3) is 0.675. The minimum Gasteiger partial charge on any atom is -0.379 e. The Labute approximate surface area is 326 Å². The van der Waals surface area contributed by atoms with Gasteiger partial charge in [0, 0.05) is 63.9 Å². The lowest BCUT2D eigenvalue weighted by Crippen LogP contribution is -2.45. The molecule has 310 valence electrons. The minimum absolute atomic E-state index is 0.0206. The summed E-state index contributed by atoms with van der Waals surface area (Å²) in [6.45, 7) is 15.4. The van der Waals surface area contributed by atoms with Crippen LogP contribution in [-0.4, -0.2) is 146 Å². The van der Waals surface area contributed by atoms with Crippen LogP contribution >= 0.6 is 0 Å². The summed E-state index contributed by atoms with van der Waals surface area (Å²) >= 11 is 0. The van der Waals surface area contributed by atoms with E-state index in [0.29, 0.717) is 98.0 Å². The predicted octanol–water partition coefficient (Wildman–Crippen LogP) is 3.55. The van der Waals surface area contributed by atoms with E-state index < -0.39 is 12.0 Å². The highest BCUT2D eigenvalue weighted by Crippen LogP contribution is 2.30. The van der Waals surface area contributed by atoms with Crippen LogP contribution in [-0.2, 0) is 52.3 Å². The zero-order valence-corrected chi connectivity index (χ0v) is 33.7. The quantitative estimate of drug-likeness (QED) is 0.0835. The van der Waals surface area contributed by atoms with Gasteiger partial charge in [-0.1, -0.05) is 32.9 Å². The van der Waals surface area contributed by atoms with Crippen LogP contribution in [0.2, 0.25) is 0 Å². The summed E-state index contributed by atoms with van der Waals surface area (Å²) < 4.78 is 37.9. The molecular formula is C40H64N4O11. The van der Waals surface area contributed by atoms with Crippen LogP contribution in [0.15, 0.2) is 35.5 Å². The Morgan fingerprint density at radius 1 is 0.782 bits per heavy atom. The highest BCUT2D eigenvalue weighted by atomic mass is 16.6. The Morgan fingerprint density at radius 2 is 1.27 bits per heavy atom. The van der Waals surface area contributed by atoms with Gasteiger partial charge < -0.3 is 48.7 Å². The lowest BCUT2D eigenvalue weighted by molar-refractivity contribution is -0.131. The van der Waals surface area contributed by atoms with Crippen LogP contribution in [0.1, 0.15) is 59.4 Å². The number of hydrogen-bond acceptors (Lipinski definition) is 12. The zero-order chi connectivity index (χ0) is 40.3. The van der Waals surface area contributed by atoms with E-state index in [2.05, 4.69) is 15.6 Å². The van der Waals surface area contributed by atoms with Crippen molar-refractivity contribution in [1.29, 1.82) is 0 Å². The topological polar surface area (TPSA) is 173 Å². The summed E-state index contributed by atoms with van der Waals surface area (Å²) in [5.74, 6) is -1.63. The summed E-state index contributed by atoms with van der Waals surface area (Å²) in [4.78, 5) is 56.5. The van der Waals surface area contributed by atoms with Gasteiger partial charge in [-0.15, -0.1) is 0 Å². The molecule has 3 amide bonds. The molecule has 3 atom stereocenters. The maximum atomic E-state index is 13.2. The first-order chi connectivity index (χ1) is 26.6. The second kappa shape index (κ2) is 28.8. The highest BCUT2D eigenvalue weighted by Gasteiger charge is 2.28. The maximum Gasteiger partial charge on any atom is 0.227 e. The van der Waals surface area contributed by atoms with Gasteiger partial charge in [0.25, 0.3) is 0 Å². The van der Waals surface area contributed by atoms with Crippen LogP contribution in [0, 0.1) is 11.8 Å². The van der Waals surface area contributed by atoms with Gasteiger partial charge in [0.15, 0.2) is 5.78 Å². The third kappa shape index (κ3) is 20.2. The number of Topliss-reactive ketones (excluding diaryl/α,β-unsaturated/α-hetero) is 1. The molecule has 55 heavy (non-hydrogen) atoms. The summed E-state index contributed by atoms with van der Waals surface area (Å²) in [5, 5.41) is 5.69. The molecule has 1 aliphatic rings. The second-order valence-electron chi connectivity index (χ2n) is 13.3. The first kappa shape index (κ1) is 47.6. The number of rotatable bonds is 31. The molecule has 2 N–H and O–H groups in total. The number of anilines is 1. The molecule has 0 spiro atoms. The maximum absolute atomic E-state index is 13.2. The van der Waals surface area contributed by atoms with E-state index in [1.54, 1.807) is 37.2 Å². The van der Waals surface area contributed by atoms with Gasteiger partial charge in [-0.05, 0) is 36.1 Å². The van der Waals surface area contributed by atoms with Crippen molar-refractivity contribution in [3.63, 3.8) is 0 Å². The highest BCUT2D eigenvalue weighted by molar-refractivity contribution is 5.97. The third-order valence-electron chi connectivity index (χ3n) is 8.48. The first-order valence-corrected chi connectivity index (χ1v) is 19.3. The number of ether oxygens (including phenoxy) is 7. The van der Waals surface area contributed by atoms with Crippen LogP contribution in [0.5, 0.6) is 0 Å². The van der Waals surface area contributed by atoms with E-state index in [1.165, 1.54) is 6.92 Å². The monoisotopic (exact) mass is 776 g/mol. The van der Waals surface area contributed by atoms with E-state index in [9.17, 15) is 19.2 Å². The zero-order valence-electron chi connectivity index (χ0n) is 33.7. The number of aliphatic imine (C=N–C) groups is 1. The molecule has 0 aliphatic carbocycles. The molecular weight excluding hydrogens is 712 g/mol. The summed E-state index contributed by atoms with van der Waals surface area (Å²) in [7, 11) is 1.68. The Balaban J connectivity index is 1.55. The molecule has 2 rings (SSSR count). The van der Waals surface area contributed by atoms with Gasteiger partial charge in [-0.25, -0.2) is 0 Å². The summed E-state index contributed by atoms with van der Waals surface area (Å²) in [5.41, 5.74) is 2.54. The number of ketones is 1. The third-order valence-corrected chi connectivity index (χ3v) is 8.48.